The molecule has 0 radical (unpaired) electrons. The molecule has 7 heteroatoms. The van der Waals surface area contributed by atoms with Crippen molar-refractivity contribution in [2.24, 2.45) is 0 Å². The topological polar surface area (TPSA) is 80.8 Å². The number of para-hydroxylation sites is 1. The number of benzene rings is 1. The van der Waals surface area contributed by atoms with E-state index < -0.39 is 11.8 Å². The summed E-state index contributed by atoms with van der Waals surface area (Å²) in [5, 5.41) is 2.96. The molecule has 1 N–H and O–H groups in total. The minimum Gasteiger partial charge on any atom is -0.496 e. The van der Waals surface area contributed by atoms with E-state index in [4.69, 9.17) is 9.47 Å². The summed E-state index contributed by atoms with van der Waals surface area (Å²) >= 11 is 0. The highest BCUT2D eigenvalue weighted by atomic mass is 16.5. The quantitative estimate of drug-likeness (QED) is 0.821. The molecule has 30 heavy (non-hydrogen) atoms. The molecule has 1 aromatic heterocycles. The molecule has 1 aliphatic carbocycles. The maximum Gasteiger partial charge on any atom is 0.260 e. The lowest BCUT2D eigenvalue weighted by atomic mass is 9.89. The summed E-state index contributed by atoms with van der Waals surface area (Å²) in [7, 11) is 1.54. The molecule has 1 spiro atoms. The molecule has 2 aromatic rings. The van der Waals surface area contributed by atoms with Crippen LogP contribution >= 0.6 is 0 Å². The maximum absolute atomic E-state index is 13.7. The summed E-state index contributed by atoms with van der Waals surface area (Å²) < 4.78 is 11.6. The van der Waals surface area contributed by atoms with Crippen LogP contribution in [0.4, 0.5) is 0 Å². The van der Waals surface area contributed by atoms with Crippen LogP contribution in [0, 0.1) is 0 Å². The molecule has 1 aromatic carbocycles. The summed E-state index contributed by atoms with van der Waals surface area (Å²) in [6, 6.07) is 10.2. The predicted octanol–water partition coefficient (Wildman–Crippen LogP) is 2.91. The van der Waals surface area contributed by atoms with Crippen LogP contribution < -0.4 is 10.1 Å². The van der Waals surface area contributed by atoms with Crippen molar-refractivity contribution < 1.29 is 19.1 Å². The number of nitrogens with zero attached hydrogens (tertiary/aromatic N) is 2. The lowest BCUT2D eigenvalue weighted by Gasteiger charge is -2.41. The zero-order valence-electron chi connectivity index (χ0n) is 17.2. The van der Waals surface area contributed by atoms with Crippen molar-refractivity contribution >= 4 is 11.8 Å². The average molecular weight is 409 g/mol. The number of carbonyl (C=O) groups excluding carboxylic acids is 2. The van der Waals surface area contributed by atoms with Gasteiger partial charge in [-0.2, -0.15) is 0 Å². The summed E-state index contributed by atoms with van der Waals surface area (Å²) in [5.74, 6) is 0.0599. The van der Waals surface area contributed by atoms with Gasteiger partial charge in [-0.1, -0.05) is 18.6 Å². The Labute approximate surface area is 176 Å². The number of nitrogens with one attached hydrogen (secondary N) is 1. The second-order valence-electron chi connectivity index (χ2n) is 7.78. The van der Waals surface area contributed by atoms with E-state index in [0.29, 0.717) is 17.9 Å². The van der Waals surface area contributed by atoms with Crippen LogP contribution in [0.1, 0.15) is 48.0 Å². The number of hydrogen-bond acceptors (Lipinski definition) is 5. The van der Waals surface area contributed by atoms with E-state index in [0.717, 1.165) is 37.7 Å². The largest absolute Gasteiger partial charge is 0.496 e. The Morgan fingerprint density at radius 3 is 2.63 bits per heavy atom. The predicted molar refractivity (Wildman–Crippen MR) is 111 cm³/mol. The summed E-state index contributed by atoms with van der Waals surface area (Å²) in [5.41, 5.74) is 0.670. The Bertz CT molecular complexity index is 896. The SMILES string of the molecule is COc1ccccc1C(=O)N1C(C(=O)NCc2ccncc2)COC12CCCCC2. The van der Waals surface area contributed by atoms with Crippen LogP contribution in [0.2, 0.25) is 0 Å². The van der Waals surface area contributed by atoms with E-state index in [-0.39, 0.29) is 18.4 Å². The molecule has 1 saturated heterocycles. The van der Waals surface area contributed by atoms with Crippen molar-refractivity contribution in [3.63, 3.8) is 0 Å². The van der Waals surface area contributed by atoms with Gasteiger partial charge in [-0.15, -0.1) is 0 Å². The van der Waals surface area contributed by atoms with Gasteiger partial charge in [0.15, 0.2) is 0 Å². The van der Waals surface area contributed by atoms with Crippen LogP contribution in [-0.2, 0) is 16.1 Å². The molecular formula is C23H27N3O4. The highest BCUT2D eigenvalue weighted by molar-refractivity contribution is 6.00. The fraction of sp³-hybridized carbons (Fsp3) is 0.435. The molecule has 2 fully saturated rings. The van der Waals surface area contributed by atoms with E-state index in [9.17, 15) is 9.59 Å². The van der Waals surface area contributed by atoms with Gasteiger partial charge in [-0.3, -0.25) is 19.5 Å². The Balaban J connectivity index is 1.60. The molecule has 158 valence electrons. The third-order valence-corrected chi connectivity index (χ3v) is 5.97. The normalized spacial score (nSPS) is 20.2. The van der Waals surface area contributed by atoms with Crippen LogP contribution in [0.25, 0.3) is 0 Å². The second kappa shape index (κ2) is 8.83. The Hall–Kier alpha value is -2.93. The average Bonchev–Trinajstić information content (AvgIpc) is 3.16. The monoisotopic (exact) mass is 409 g/mol. The van der Waals surface area contributed by atoms with Crippen molar-refractivity contribution in [1.82, 2.24) is 15.2 Å². The van der Waals surface area contributed by atoms with Crippen molar-refractivity contribution in [3.8, 4) is 5.75 Å². The lowest BCUT2D eigenvalue weighted by Crippen LogP contribution is -2.56. The Morgan fingerprint density at radius 1 is 1.17 bits per heavy atom. The second-order valence-corrected chi connectivity index (χ2v) is 7.78. The number of carbonyl (C=O) groups is 2. The third kappa shape index (κ3) is 3.89. The van der Waals surface area contributed by atoms with E-state index in [1.165, 1.54) is 0 Å². The van der Waals surface area contributed by atoms with Gasteiger partial charge in [-0.25, -0.2) is 0 Å². The lowest BCUT2D eigenvalue weighted by molar-refractivity contribution is -0.127. The molecular weight excluding hydrogens is 382 g/mol. The number of pyridine rings is 1. The minimum absolute atomic E-state index is 0.197. The molecule has 1 aliphatic heterocycles. The van der Waals surface area contributed by atoms with Crippen molar-refractivity contribution in [2.75, 3.05) is 13.7 Å². The molecule has 1 atom stereocenters. The van der Waals surface area contributed by atoms with Crippen molar-refractivity contribution in [1.29, 1.82) is 0 Å². The molecule has 2 aliphatic rings. The zero-order chi connectivity index (χ0) is 21.0. The van der Waals surface area contributed by atoms with Crippen molar-refractivity contribution in [2.45, 2.75) is 50.4 Å². The first-order valence-corrected chi connectivity index (χ1v) is 10.4. The standard InChI is InChI=1S/C23H27N3O4/c1-29-20-8-4-3-7-18(20)22(28)26-19(16-30-23(26)11-5-2-6-12-23)21(27)25-15-17-9-13-24-14-10-17/h3-4,7-10,13-14,19H,2,5-6,11-12,15-16H2,1H3,(H,25,27). The zero-order valence-corrected chi connectivity index (χ0v) is 17.2. The van der Waals surface area contributed by atoms with E-state index in [2.05, 4.69) is 10.3 Å². The Kier molecular flexibility index (Phi) is 5.99. The Morgan fingerprint density at radius 2 is 1.90 bits per heavy atom. The maximum atomic E-state index is 13.7. The smallest absolute Gasteiger partial charge is 0.260 e. The van der Waals surface area contributed by atoms with Gasteiger partial charge in [0.2, 0.25) is 5.91 Å². The third-order valence-electron chi connectivity index (χ3n) is 5.97. The van der Waals surface area contributed by atoms with E-state index >= 15 is 0 Å². The fourth-order valence-electron chi connectivity index (χ4n) is 4.43. The van der Waals surface area contributed by atoms with Crippen LogP contribution in [0.15, 0.2) is 48.8 Å². The first kappa shape index (κ1) is 20.3. The summed E-state index contributed by atoms with van der Waals surface area (Å²) in [6.07, 6.45) is 7.91. The van der Waals surface area contributed by atoms with Gasteiger partial charge < -0.3 is 14.8 Å². The van der Waals surface area contributed by atoms with Gasteiger partial charge in [0, 0.05) is 18.9 Å². The molecule has 2 heterocycles. The summed E-state index contributed by atoms with van der Waals surface area (Å²) in [6.45, 7) is 0.574. The highest BCUT2D eigenvalue weighted by Crippen LogP contribution is 2.42. The molecule has 7 nitrogen and oxygen atoms in total. The number of aromatic nitrogens is 1. The first-order valence-electron chi connectivity index (χ1n) is 10.4. The van der Waals surface area contributed by atoms with Gasteiger partial charge in [0.1, 0.15) is 17.5 Å². The fourth-order valence-corrected chi connectivity index (χ4v) is 4.43. The minimum atomic E-state index is -0.727. The van der Waals surface area contributed by atoms with Gasteiger partial charge >= 0.3 is 0 Å². The number of methoxy groups -OCH3 is 1. The molecule has 0 bridgehead atoms. The van der Waals surface area contributed by atoms with Crippen LogP contribution in [-0.4, -0.2) is 47.2 Å². The summed E-state index contributed by atoms with van der Waals surface area (Å²) in [4.78, 5) is 32.4. The molecule has 1 saturated carbocycles. The van der Waals surface area contributed by atoms with Crippen molar-refractivity contribution in [3.05, 3.63) is 59.9 Å². The van der Waals surface area contributed by atoms with Gasteiger partial charge in [0.05, 0.1) is 19.3 Å². The molecule has 4 rings (SSSR count). The number of rotatable bonds is 5. The molecule has 2 amide bonds. The van der Waals surface area contributed by atoms with E-state index in [1.807, 2.05) is 18.2 Å². The number of ether oxygens (including phenoxy) is 2. The molecule has 1 unspecified atom stereocenters. The number of amides is 2. The highest BCUT2D eigenvalue weighted by Gasteiger charge is 2.53. The van der Waals surface area contributed by atoms with Gasteiger partial charge in [-0.05, 0) is 55.5 Å². The van der Waals surface area contributed by atoms with E-state index in [1.54, 1.807) is 42.6 Å². The van der Waals surface area contributed by atoms with Gasteiger partial charge in [0.25, 0.3) is 5.91 Å². The van der Waals surface area contributed by atoms with Crippen LogP contribution in [0.3, 0.4) is 0 Å². The first-order chi connectivity index (χ1) is 14.6. The number of hydrogen-bond donors (Lipinski definition) is 1. The van der Waals surface area contributed by atoms with Crippen LogP contribution in [0.5, 0.6) is 5.75 Å².